The van der Waals surface area contributed by atoms with Crippen LogP contribution in [0.2, 0.25) is 0 Å². The Kier molecular flexibility index (Phi) is 1.96. The summed E-state index contributed by atoms with van der Waals surface area (Å²) in [5.41, 5.74) is 3.61. The highest BCUT2D eigenvalue weighted by Crippen LogP contribution is 2.33. The van der Waals surface area contributed by atoms with E-state index in [1.807, 2.05) is 30.3 Å². The first kappa shape index (κ1) is 9.09. The first-order valence-corrected chi connectivity index (χ1v) is 5.19. The third-order valence-corrected chi connectivity index (χ3v) is 2.76. The van der Waals surface area contributed by atoms with E-state index in [0.29, 0.717) is 6.42 Å². The molecule has 1 aliphatic heterocycles. The fourth-order valence-corrected chi connectivity index (χ4v) is 1.97. The van der Waals surface area contributed by atoms with Crippen LogP contribution in [0, 0.1) is 0 Å². The molecular weight excluding hydrogens is 200 g/mol. The molecule has 0 aliphatic carbocycles. The van der Waals surface area contributed by atoms with Gasteiger partial charge < -0.3 is 4.98 Å². The van der Waals surface area contributed by atoms with Crippen LogP contribution in [0.3, 0.4) is 0 Å². The summed E-state index contributed by atoms with van der Waals surface area (Å²) in [6.45, 7) is 0. The number of benzene rings is 1. The van der Waals surface area contributed by atoms with Crippen molar-refractivity contribution in [3.63, 3.8) is 0 Å². The molecule has 0 bridgehead atoms. The van der Waals surface area contributed by atoms with Crippen molar-refractivity contribution in [1.29, 1.82) is 0 Å². The molecule has 3 rings (SSSR count). The van der Waals surface area contributed by atoms with E-state index >= 15 is 0 Å². The van der Waals surface area contributed by atoms with E-state index < -0.39 is 0 Å². The molecule has 78 valence electrons. The average Bonchev–Trinajstić information content (AvgIpc) is 2.81. The lowest BCUT2D eigenvalue weighted by molar-refractivity contribution is 1.17. The maximum absolute atomic E-state index is 11.6. The molecule has 0 amide bonds. The minimum atomic E-state index is -0.0350. The predicted molar refractivity (Wildman–Crippen MR) is 64.4 cm³/mol. The van der Waals surface area contributed by atoms with Crippen LogP contribution >= 0.6 is 0 Å². The third-order valence-electron chi connectivity index (χ3n) is 2.76. The Morgan fingerprint density at radius 2 is 2.00 bits per heavy atom. The molecule has 2 aromatic rings. The van der Waals surface area contributed by atoms with E-state index in [9.17, 15) is 4.79 Å². The highest BCUT2D eigenvalue weighted by Gasteiger charge is 2.15. The number of pyridine rings is 1. The van der Waals surface area contributed by atoms with Crippen LogP contribution in [0.1, 0.15) is 5.56 Å². The number of aromatic amines is 1. The fraction of sp³-hybridized carbons (Fsp3) is 0.0769. The second-order valence-electron chi connectivity index (χ2n) is 3.74. The van der Waals surface area contributed by atoms with E-state index in [1.54, 1.807) is 12.4 Å². The zero-order chi connectivity index (χ0) is 11.0. The number of nitrogens with zero attached hydrogens (tertiary/aromatic N) is 1. The first-order chi connectivity index (χ1) is 7.86. The van der Waals surface area contributed by atoms with Gasteiger partial charge in [-0.2, -0.15) is 0 Å². The second-order valence-corrected chi connectivity index (χ2v) is 3.74. The topological polar surface area (TPSA) is 45.2 Å². The van der Waals surface area contributed by atoms with Crippen LogP contribution < -0.4 is 5.56 Å². The monoisotopic (exact) mass is 210 g/mol. The van der Waals surface area contributed by atoms with Crippen molar-refractivity contribution < 1.29 is 0 Å². The summed E-state index contributed by atoms with van der Waals surface area (Å²) >= 11 is 0. The van der Waals surface area contributed by atoms with Gasteiger partial charge in [-0.25, -0.2) is 0 Å². The number of aliphatic imine (C=N–C) groups is 1. The normalized spacial score (nSPS) is 12.8. The van der Waals surface area contributed by atoms with Crippen LogP contribution in [-0.2, 0) is 6.42 Å². The fourth-order valence-electron chi connectivity index (χ4n) is 1.97. The molecule has 1 N–H and O–H groups in total. The van der Waals surface area contributed by atoms with Crippen molar-refractivity contribution in [2.24, 2.45) is 4.99 Å². The van der Waals surface area contributed by atoms with E-state index in [2.05, 4.69) is 9.98 Å². The minimum Gasteiger partial charge on any atom is -0.328 e. The van der Waals surface area contributed by atoms with Crippen LogP contribution in [0.4, 0.5) is 5.69 Å². The average molecular weight is 210 g/mol. The van der Waals surface area contributed by atoms with Gasteiger partial charge in [0.05, 0.1) is 5.69 Å². The standard InChI is InChI=1S/C13H10N2O/c16-13-10-6-7-14-12(10)11(8-15-13)9-4-2-1-3-5-9/h1-5,7-8H,6H2,(H,15,16). The molecule has 1 aliphatic rings. The van der Waals surface area contributed by atoms with Gasteiger partial charge >= 0.3 is 0 Å². The van der Waals surface area contributed by atoms with E-state index in [0.717, 1.165) is 22.4 Å². The number of nitrogens with one attached hydrogen (secondary N) is 1. The molecule has 1 aromatic carbocycles. The van der Waals surface area contributed by atoms with Gasteiger partial charge in [0.15, 0.2) is 0 Å². The predicted octanol–water partition coefficient (Wildman–Crippen LogP) is 2.30. The Balaban J connectivity index is 2.27. The molecular formula is C13H10N2O. The molecule has 1 aromatic heterocycles. The lowest BCUT2D eigenvalue weighted by atomic mass is 10.0. The summed E-state index contributed by atoms with van der Waals surface area (Å²) < 4.78 is 0. The van der Waals surface area contributed by atoms with E-state index in [1.165, 1.54) is 0 Å². The zero-order valence-electron chi connectivity index (χ0n) is 8.60. The number of aromatic nitrogens is 1. The number of fused-ring (bicyclic) bond motifs is 1. The van der Waals surface area contributed by atoms with Gasteiger partial charge in [0.25, 0.3) is 5.56 Å². The van der Waals surface area contributed by atoms with E-state index in [4.69, 9.17) is 0 Å². The maximum atomic E-state index is 11.6. The van der Waals surface area contributed by atoms with Crippen LogP contribution in [0.15, 0.2) is 46.3 Å². The Morgan fingerprint density at radius 1 is 1.19 bits per heavy atom. The lowest BCUT2D eigenvalue weighted by Gasteiger charge is -2.05. The largest absolute Gasteiger partial charge is 0.328 e. The molecule has 3 nitrogen and oxygen atoms in total. The summed E-state index contributed by atoms with van der Waals surface area (Å²) in [6.07, 6.45) is 4.15. The number of hydrogen-bond donors (Lipinski definition) is 1. The molecule has 0 atom stereocenters. The molecule has 0 unspecified atom stereocenters. The van der Waals surface area contributed by atoms with Crippen molar-refractivity contribution in [2.75, 3.05) is 0 Å². The summed E-state index contributed by atoms with van der Waals surface area (Å²) in [5, 5.41) is 0. The van der Waals surface area contributed by atoms with Gasteiger partial charge in [-0.1, -0.05) is 30.3 Å². The highest BCUT2D eigenvalue weighted by atomic mass is 16.1. The molecule has 0 fully saturated rings. The number of hydrogen-bond acceptors (Lipinski definition) is 2. The smallest absolute Gasteiger partial charge is 0.253 e. The Hall–Kier alpha value is -2.16. The van der Waals surface area contributed by atoms with Crippen molar-refractivity contribution >= 4 is 11.9 Å². The summed E-state index contributed by atoms with van der Waals surface area (Å²) in [7, 11) is 0. The Bertz CT molecular complexity index is 612. The zero-order valence-corrected chi connectivity index (χ0v) is 8.60. The molecule has 2 heterocycles. The van der Waals surface area contributed by atoms with Gasteiger partial charge in [-0.15, -0.1) is 0 Å². The van der Waals surface area contributed by atoms with Crippen LogP contribution in [0.5, 0.6) is 0 Å². The number of H-pyrrole nitrogens is 1. The van der Waals surface area contributed by atoms with Gasteiger partial charge in [-0.05, 0) is 5.56 Å². The lowest BCUT2D eigenvalue weighted by Crippen LogP contribution is -2.10. The molecule has 0 saturated heterocycles. The molecule has 0 radical (unpaired) electrons. The van der Waals surface area contributed by atoms with E-state index in [-0.39, 0.29) is 5.56 Å². The molecule has 0 spiro atoms. The van der Waals surface area contributed by atoms with Gasteiger partial charge in [0.1, 0.15) is 0 Å². The van der Waals surface area contributed by atoms with Crippen molar-refractivity contribution in [3.05, 3.63) is 52.4 Å². The second kappa shape index (κ2) is 3.45. The molecule has 3 heteroatoms. The van der Waals surface area contributed by atoms with Gasteiger partial charge in [0, 0.05) is 30.0 Å². The Morgan fingerprint density at radius 3 is 2.81 bits per heavy atom. The summed E-state index contributed by atoms with van der Waals surface area (Å²) in [5.74, 6) is 0. The van der Waals surface area contributed by atoms with Gasteiger partial charge in [0.2, 0.25) is 0 Å². The Labute approximate surface area is 92.5 Å². The first-order valence-electron chi connectivity index (χ1n) is 5.19. The SMILES string of the molecule is O=c1[nH]cc(-c2ccccc2)c2c1CC=N2. The molecule has 16 heavy (non-hydrogen) atoms. The third kappa shape index (κ3) is 1.29. The van der Waals surface area contributed by atoms with Crippen LogP contribution in [-0.4, -0.2) is 11.2 Å². The van der Waals surface area contributed by atoms with Gasteiger partial charge in [-0.3, -0.25) is 9.79 Å². The highest BCUT2D eigenvalue weighted by molar-refractivity contribution is 5.86. The molecule has 0 saturated carbocycles. The number of rotatable bonds is 1. The quantitative estimate of drug-likeness (QED) is 0.771. The van der Waals surface area contributed by atoms with Crippen molar-refractivity contribution in [1.82, 2.24) is 4.98 Å². The summed E-state index contributed by atoms with van der Waals surface area (Å²) in [4.78, 5) is 18.6. The summed E-state index contributed by atoms with van der Waals surface area (Å²) in [6, 6.07) is 9.96. The van der Waals surface area contributed by atoms with Crippen LogP contribution in [0.25, 0.3) is 11.1 Å². The maximum Gasteiger partial charge on any atom is 0.253 e. The minimum absolute atomic E-state index is 0.0350. The van der Waals surface area contributed by atoms with Crippen molar-refractivity contribution in [3.8, 4) is 11.1 Å². The van der Waals surface area contributed by atoms with Crippen molar-refractivity contribution in [2.45, 2.75) is 6.42 Å².